The van der Waals surface area contributed by atoms with Crippen molar-refractivity contribution in [1.82, 2.24) is 19.9 Å². The van der Waals surface area contributed by atoms with Gasteiger partial charge in [-0.2, -0.15) is 0 Å². The number of pyridine rings is 1. The number of carbonyl (C=O) groups excluding carboxylic acids is 1. The van der Waals surface area contributed by atoms with Gasteiger partial charge in [0.25, 0.3) is 5.91 Å². The third kappa shape index (κ3) is 3.49. The van der Waals surface area contributed by atoms with E-state index in [1.165, 1.54) is 0 Å². The summed E-state index contributed by atoms with van der Waals surface area (Å²) in [7, 11) is 0. The molecule has 2 aromatic heterocycles. The second-order valence-corrected chi connectivity index (χ2v) is 6.46. The molecule has 26 heavy (non-hydrogen) atoms. The summed E-state index contributed by atoms with van der Waals surface area (Å²) >= 11 is 0. The van der Waals surface area contributed by atoms with E-state index in [4.69, 9.17) is 4.74 Å². The number of amides is 1. The van der Waals surface area contributed by atoms with Crippen LogP contribution in [0.25, 0.3) is 10.8 Å². The standard InChI is InChI=1S/C20H20N4O2/c25-19(18-17-5-2-1-4-16(17)6-11-21-18)24-12-7-15(8-13-24)14-26-20-22-9-3-10-23-20/h1-6,9-11,15H,7-8,12-14H2. The maximum absolute atomic E-state index is 12.9. The highest BCUT2D eigenvalue weighted by Gasteiger charge is 2.25. The second-order valence-electron chi connectivity index (χ2n) is 6.46. The monoisotopic (exact) mass is 348 g/mol. The highest BCUT2D eigenvalue weighted by atomic mass is 16.5. The molecule has 3 aromatic rings. The van der Waals surface area contributed by atoms with E-state index in [2.05, 4.69) is 15.0 Å². The molecule has 0 atom stereocenters. The van der Waals surface area contributed by atoms with Gasteiger partial charge in [-0.05, 0) is 36.3 Å². The highest BCUT2D eigenvalue weighted by molar-refractivity contribution is 6.05. The predicted molar refractivity (Wildman–Crippen MR) is 97.9 cm³/mol. The number of fused-ring (bicyclic) bond motifs is 1. The number of carbonyl (C=O) groups is 1. The highest BCUT2D eigenvalue weighted by Crippen LogP contribution is 2.22. The number of rotatable bonds is 4. The molecule has 0 aliphatic carbocycles. The fraction of sp³-hybridized carbons (Fsp3) is 0.300. The fourth-order valence-electron chi connectivity index (χ4n) is 3.29. The van der Waals surface area contributed by atoms with Crippen LogP contribution >= 0.6 is 0 Å². The van der Waals surface area contributed by atoms with E-state index in [0.29, 0.717) is 37.3 Å². The summed E-state index contributed by atoms with van der Waals surface area (Å²) in [5, 5.41) is 1.95. The summed E-state index contributed by atoms with van der Waals surface area (Å²) < 4.78 is 5.65. The Morgan fingerprint density at radius 3 is 2.58 bits per heavy atom. The Labute approximate surface area is 151 Å². The van der Waals surface area contributed by atoms with Crippen molar-refractivity contribution in [3.63, 3.8) is 0 Å². The first-order valence-corrected chi connectivity index (χ1v) is 8.84. The first kappa shape index (κ1) is 16.4. The van der Waals surface area contributed by atoms with Gasteiger partial charge in [-0.1, -0.05) is 24.3 Å². The van der Waals surface area contributed by atoms with Crippen LogP contribution in [0.1, 0.15) is 23.3 Å². The van der Waals surface area contributed by atoms with Gasteiger partial charge in [0.05, 0.1) is 6.61 Å². The zero-order valence-electron chi connectivity index (χ0n) is 14.4. The van der Waals surface area contributed by atoms with Crippen LogP contribution in [0.4, 0.5) is 0 Å². The smallest absolute Gasteiger partial charge is 0.316 e. The molecule has 3 heterocycles. The SMILES string of the molecule is O=C(c1nccc2ccccc12)N1CCC(COc2ncccn2)CC1. The molecule has 1 saturated heterocycles. The summed E-state index contributed by atoms with van der Waals surface area (Å²) in [6, 6.07) is 12.0. The van der Waals surface area contributed by atoms with E-state index >= 15 is 0 Å². The Morgan fingerprint density at radius 2 is 1.77 bits per heavy atom. The number of aromatic nitrogens is 3. The Kier molecular flexibility index (Phi) is 4.73. The topological polar surface area (TPSA) is 68.2 Å². The number of benzene rings is 1. The van der Waals surface area contributed by atoms with E-state index in [9.17, 15) is 4.79 Å². The molecular weight excluding hydrogens is 328 g/mol. The van der Waals surface area contributed by atoms with Gasteiger partial charge in [0.15, 0.2) is 0 Å². The molecule has 0 spiro atoms. The summed E-state index contributed by atoms with van der Waals surface area (Å²) in [4.78, 5) is 27.3. The Morgan fingerprint density at radius 1 is 1.00 bits per heavy atom. The third-order valence-electron chi connectivity index (χ3n) is 4.77. The van der Waals surface area contributed by atoms with Crippen LogP contribution in [0.2, 0.25) is 0 Å². The average Bonchev–Trinajstić information content (AvgIpc) is 2.72. The number of hydrogen-bond acceptors (Lipinski definition) is 5. The molecule has 0 bridgehead atoms. The minimum atomic E-state index is 0.00700. The number of likely N-dealkylation sites (tertiary alicyclic amines) is 1. The van der Waals surface area contributed by atoms with Gasteiger partial charge in [-0.3, -0.25) is 9.78 Å². The van der Waals surface area contributed by atoms with Crippen LogP contribution < -0.4 is 4.74 Å². The summed E-state index contributed by atoms with van der Waals surface area (Å²) in [5.74, 6) is 0.413. The van der Waals surface area contributed by atoms with Crippen LogP contribution in [0.3, 0.4) is 0 Å². The Balaban J connectivity index is 1.37. The lowest BCUT2D eigenvalue weighted by Gasteiger charge is -2.31. The maximum atomic E-state index is 12.9. The van der Waals surface area contributed by atoms with Gasteiger partial charge in [0, 0.05) is 37.1 Å². The summed E-state index contributed by atoms with van der Waals surface area (Å²) in [6.45, 7) is 2.01. The van der Waals surface area contributed by atoms with Crippen LogP contribution in [0, 0.1) is 5.92 Å². The van der Waals surface area contributed by atoms with E-state index in [-0.39, 0.29) is 5.91 Å². The average molecular weight is 348 g/mol. The molecule has 6 heteroatoms. The largest absolute Gasteiger partial charge is 0.463 e. The van der Waals surface area contributed by atoms with E-state index in [1.807, 2.05) is 35.2 Å². The lowest BCUT2D eigenvalue weighted by atomic mass is 9.97. The first-order chi connectivity index (χ1) is 12.8. The second kappa shape index (κ2) is 7.47. The molecule has 0 N–H and O–H groups in total. The van der Waals surface area contributed by atoms with Crippen molar-refractivity contribution in [2.75, 3.05) is 19.7 Å². The molecule has 1 fully saturated rings. The zero-order valence-corrected chi connectivity index (χ0v) is 14.4. The summed E-state index contributed by atoms with van der Waals surface area (Å²) in [6.07, 6.45) is 6.85. The lowest BCUT2D eigenvalue weighted by Crippen LogP contribution is -2.40. The van der Waals surface area contributed by atoms with Crippen molar-refractivity contribution in [2.45, 2.75) is 12.8 Å². The van der Waals surface area contributed by atoms with Crippen molar-refractivity contribution >= 4 is 16.7 Å². The molecular formula is C20H20N4O2. The van der Waals surface area contributed by atoms with Gasteiger partial charge in [-0.15, -0.1) is 0 Å². The van der Waals surface area contributed by atoms with Crippen molar-refractivity contribution < 1.29 is 9.53 Å². The minimum Gasteiger partial charge on any atom is -0.463 e. The lowest BCUT2D eigenvalue weighted by molar-refractivity contribution is 0.0653. The molecule has 1 amide bonds. The molecule has 0 unspecified atom stereocenters. The molecule has 0 saturated carbocycles. The van der Waals surface area contributed by atoms with E-state index < -0.39 is 0 Å². The first-order valence-electron chi connectivity index (χ1n) is 8.84. The normalized spacial score (nSPS) is 15.2. The van der Waals surface area contributed by atoms with Gasteiger partial charge < -0.3 is 9.64 Å². The van der Waals surface area contributed by atoms with Gasteiger partial charge in [0.2, 0.25) is 0 Å². The molecule has 1 aliphatic heterocycles. The van der Waals surface area contributed by atoms with Crippen molar-refractivity contribution in [1.29, 1.82) is 0 Å². The van der Waals surface area contributed by atoms with Crippen LogP contribution in [-0.4, -0.2) is 45.5 Å². The fourth-order valence-corrected chi connectivity index (χ4v) is 3.29. The zero-order chi connectivity index (χ0) is 17.8. The summed E-state index contributed by atoms with van der Waals surface area (Å²) in [5.41, 5.74) is 0.537. The molecule has 1 aromatic carbocycles. The van der Waals surface area contributed by atoms with Gasteiger partial charge in [-0.25, -0.2) is 9.97 Å². The van der Waals surface area contributed by atoms with Crippen LogP contribution in [-0.2, 0) is 0 Å². The number of nitrogens with zero attached hydrogens (tertiary/aromatic N) is 4. The van der Waals surface area contributed by atoms with Crippen LogP contribution in [0.15, 0.2) is 55.0 Å². The Bertz CT molecular complexity index is 887. The number of piperidine rings is 1. The molecule has 1 aliphatic rings. The van der Waals surface area contributed by atoms with Crippen molar-refractivity contribution in [3.8, 4) is 6.01 Å². The molecule has 132 valence electrons. The van der Waals surface area contributed by atoms with E-state index in [0.717, 1.165) is 23.6 Å². The minimum absolute atomic E-state index is 0.00700. The van der Waals surface area contributed by atoms with E-state index in [1.54, 1.807) is 24.7 Å². The Hall–Kier alpha value is -3.02. The maximum Gasteiger partial charge on any atom is 0.316 e. The van der Waals surface area contributed by atoms with Crippen molar-refractivity contribution in [3.05, 3.63) is 60.7 Å². The third-order valence-corrected chi connectivity index (χ3v) is 4.77. The number of hydrogen-bond donors (Lipinski definition) is 0. The molecule has 0 radical (unpaired) electrons. The van der Waals surface area contributed by atoms with Gasteiger partial charge >= 0.3 is 6.01 Å². The molecule has 6 nitrogen and oxygen atoms in total. The van der Waals surface area contributed by atoms with Crippen molar-refractivity contribution in [2.24, 2.45) is 5.92 Å². The predicted octanol–water partition coefficient (Wildman–Crippen LogP) is 2.96. The molecule has 4 rings (SSSR count). The number of ether oxygens (including phenoxy) is 1. The van der Waals surface area contributed by atoms with Gasteiger partial charge in [0.1, 0.15) is 5.69 Å². The quantitative estimate of drug-likeness (QED) is 0.725. The van der Waals surface area contributed by atoms with Crippen LogP contribution in [0.5, 0.6) is 6.01 Å².